The second-order valence-electron chi connectivity index (χ2n) is 8.17. The van der Waals surface area contributed by atoms with E-state index >= 15 is 0 Å². The van der Waals surface area contributed by atoms with E-state index in [2.05, 4.69) is 15.0 Å². The summed E-state index contributed by atoms with van der Waals surface area (Å²) in [5.74, 6) is -0.117. The maximum atomic E-state index is 13.5. The Balaban J connectivity index is 1.50. The average Bonchev–Trinajstić information content (AvgIpc) is 3.29. The molecule has 1 fully saturated rings. The topological polar surface area (TPSA) is 92.6 Å². The molecule has 0 unspecified atom stereocenters. The summed E-state index contributed by atoms with van der Waals surface area (Å²) < 4.78 is 20.4. The number of aromatic amines is 1. The Morgan fingerprint density at radius 3 is 2.53 bits per heavy atom. The van der Waals surface area contributed by atoms with Gasteiger partial charge in [0.05, 0.1) is 12.2 Å². The van der Waals surface area contributed by atoms with Crippen LogP contribution in [0.1, 0.15) is 18.4 Å². The molecule has 0 aliphatic carbocycles. The molecule has 0 radical (unpaired) electrons. The Morgan fingerprint density at radius 2 is 1.83 bits per heavy atom. The van der Waals surface area contributed by atoms with Gasteiger partial charge in [0.1, 0.15) is 11.4 Å². The molecule has 4 aromatic rings. The number of carbonyl (C=O) groups is 1. The number of aromatic nitrogens is 3. The first-order valence-corrected chi connectivity index (χ1v) is 11.7. The Morgan fingerprint density at radius 1 is 1.06 bits per heavy atom. The van der Waals surface area contributed by atoms with Crippen LogP contribution >= 0.6 is 11.6 Å². The van der Waals surface area contributed by atoms with Crippen molar-refractivity contribution in [3.8, 4) is 11.6 Å². The number of hydrogen-bond acceptors (Lipinski definition) is 5. The number of nitrogens with zero attached hydrogens (tertiary/aromatic N) is 4. The predicted octanol–water partition coefficient (Wildman–Crippen LogP) is 4.56. The summed E-state index contributed by atoms with van der Waals surface area (Å²) in [4.78, 5) is 38.6. The molecule has 1 amide bonds. The largest absolute Gasteiger partial charge is 0.439 e. The fourth-order valence-corrected chi connectivity index (χ4v) is 4.02. The van der Waals surface area contributed by atoms with Crippen molar-refractivity contribution in [3.63, 3.8) is 0 Å². The Bertz CT molecular complexity index is 1530. The summed E-state index contributed by atoms with van der Waals surface area (Å²) in [6, 6.07) is 18.2. The molecule has 36 heavy (non-hydrogen) atoms. The number of benzene rings is 2. The van der Waals surface area contributed by atoms with Crippen molar-refractivity contribution >= 4 is 28.9 Å². The van der Waals surface area contributed by atoms with E-state index in [1.54, 1.807) is 42.5 Å². The normalized spacial score (nSPS) is 13.9. The van der Waals surface area contributed by atoms with Crippen LogP contribution in [-0.4, -0.2) is 27.0 Å². The molecule has 1 saturated heterocycles. The molecule has 0 spiro atoms. The average molecular weight is 506 g/mol. The van der Waals surface area contributed by atoms with Gasteiger partial charge in [0.2, 0.25) is 23.4 Å². The minimum Gasteiger partial charge on any atom is -0.439 e. The number of ether oxygens (including phenoxy) is 1. The lowest BCUT2D eigenvalue weighted by atomic mass is 10.2. The number of H-pyrrole nitrogens is 1. The van der Waals surface area contributed by atoms with E-state index in [4.69, 9.17) is 16.3 Å². The summed E-state index contributed by atoms with van der Waals surface area (Å²) in [6.07, 6.45) is 2.65. The lowest BCUT2D eigenvalue weighted by molar-refractivity contribution is -0.117. The lowest BCUT2D eigenvalue weighted by Gasteiger charge is -2.17. The molecule has 1 aliphatic heterocycles. The van der Waals surface area contributed by atoms with Gasteiger partial charge in [-0.05, 0) is 54.4 Å². The highest BCUT2D eigenvalue weighted by atomic mass is 35.5. The third-order valence-corrected chi connectivity index (χ3v) is 5.91. The molecule has 1 aliphatic rings. The van der Waals surface area contributed by atoms with Crippen LogP contribution in [0.15, 0.2) is 82.7 Å². The van der Waals surface area contributed by atoms with Crippen LogP contribution in [0.2, 0.25) is 5.02 Å². The van der Waals surface area contributed by atoms with Gasteiger partial charge in [0, 0.05) is 30.3 Å². The number of nitrogens with one attached hydrogen (secondary N) is 1. The highest BCUT2D eigenvalue weighted by Gasteiger charge is 2.25. The van der Waals surface area contributed by atoms with Crippen molar-refractivity contribution in [1.29, 1.82) is 0 Å². The zero-order valence-electron chi connectivity index (χ0n) is 19.0. The molecule has 182 valence electrons. The van der Waals surface area contributed by atoms with E-state index in [0.717, 1.165) is 5.56 Å². The van der Waals surface area contributed by atoms with Crippen LogP contribution in [0.5, 0.6) is 11.6 Å². The first-order valence-electron chi connectivity index (χ1n) is 11.3. The molecule has 0 saturated carbocycles. The summed E-state index contributed by atoms with van der Waals surface area (Å²) >= 11 is 6.01. The number of anilines is 1. The molecule has 0 atom stereocenters. The van der Waals surface area contributed by atoms with Gasteiger partial charge in [-0.2, -0.15) is 9.37 Å². The van der Waals surface area contributed by atoms with Gasteiger partial charge in [-0.25, -0.2) is 4.99 Å². The van der Waals surface area contributed by atoms with E-state index in [-0.39, 0.29) is 29.6 Å². The van der Waals surface area contributed by atoms with Gasteiger partial charge in [-0.15, -0.1) is 0 Å². The van der Waals surface area contributed by atoms with Crippen LogP contribution in [0.25, 0.3) is 0 Å². The van der Waals surface area contributed by atoms with E-state index in [1.165, 1.54) is 27.8 Å². The molecular weight excluding hydrogens is 485 g/mol. The fourth-order valence-electron chi connectivity index (χ4n) is 3.89. The van der Waals surface area contributed by atoms with Gasteiger partial charge in [-0.1, -0.05) is 29.8 Å². The Kier molecular flexibility index (Phi) is 6.64. The third-order valence-electron chi connectivity index (χ3n) is 5.66. The fraction of sp³-hybridized carbons (Fsp3) is 0.154. The van der Waals surface area contributed by atoms with E-state index in [1.807, 2.05) is 12.1 Å². The quantitative estimate of drug-likeness (QED) is 0.389. The number of pyridine rings is 1. The number of halogens is 2. The predicted molar refractivity (Wildman–Crippen MR) is 133 cm³/mol. The molecule has 2 aromatic carbocycles. The summed E-state index contributed by atoms with van der Waals surface area (Å²) in [5, 5.41) is 0.592. The van der Waals surface area contributed by atoms with E-state index in [0.29, 0.717) is 41.5 Å². The summed E-state index contributed by atoms with van der Waals surface area (Å²) in [5.41, 5.74) is 1.68. The highest BCUT2D eigenvalue weighted by Crippen LogP contribution is 2.23. The van der Waals surface area contributed by atoms with Crippen molar-refractivity contribution in [1.82, 2.24) is 14.5 Å². The first kappa shape index (κ1) is 23.5. The van der Waals surface area contributed by atoms with Crippen LogP contribution in [-0.2, 0) is 11.3 Å². The zero-order valence-corrected chi connectivity index (χ0v) is 19.8. The molecule has 5 rings (SSSR count). The summed E-state index contributed by atoms with van der Waals surface area (Å²) in [6.45, 7) is 0.731. The van der Waals surface area contributed by atoms with Crippen molar-refractivity contribution in [2.45, 2.75) is 19.4 Å². The van der Waals surface area contributed by atoms with Crippen LogP contribution < -0.4 is 20.8 Å². The van der Waals surface area contributed by atoms with Gasteiger partial charge in [-0.3, -0.25) is 14.2 Å². The van der Waals surface area contributed by atoms with Crippen molar-refractivity contribution < 1.29 is 13.9 Å². The minimum atomic E-state index is -0.632. The molecule has 0 bridgehead atoms. The second kappa shape index (κ2) is 10.2. The van der Waals surface area contributed by atoms with Crippen LogP contribution in [0.4, 0.5) is 15.8 Å². The second-order valence-corrected chi connectivity index (χ2v) is 8.61. The SMILES string of the molecule is O=C1CCCN1c1c[nH]/c(=N\c2ccc(Oc3cccc(F)n3)cc2)n(Cc2ccc(Cl)cc2)c1=O. The van der Waals surface area contributed by atoms with Crippen LogP contribution in [0, 0.1) is 5.95 Å². The van der Waals surface area contributed by atoms with Crippen molar-refractivity contribution in [2.24, 2.45) is 4.99 Å². The van der Waals surface area contributed by atoms with Gasteiger partial charge >= 0.3 is 0 Å². The Hall–Kier alpha value is -4.24. The van der Waals surface area contributed by atoms with Gasteiger partial charge < -0.3 is 14.6 Å². The number of carbonyl (C=O) groups excluding carboxylic acids is 1. The molecule has 10 heteroatoms. The Labute approximate surface area is 210 Å². The minimum absolute atomic E-state index is 0.0772. The monoisotopic (exact) mass is 505 g/mol. The molecule has 1 N–H and O–H groups in total. The first-order chi connectivity index (χ1) is 17.5. The van der Waals surface area contributed by atoms with E-state index < -0.39 is 5.95 Å². The maximum absolute atomic E-state index is 13.5. The smallest absolute Gasteiger partial charge is 0.279 e. The van der Waals surface area contributed by atoms with Crippen LogP contribution in [0.3, 0.4) is 0 Å². The van der Waals surface area contributed by atoms with Gasteiger partial charge in [0.25, 0.3) is 5.56 Å². The number of rotatable bonds is 6. The van der Waals surface area contributed by atoms with E-state index in [9.17, 15) is 14.0 Å². The molecule has 2 aromatic heterocycles. The van der Waals surface area contributed by atoms with Crippen molar-refractivity contribution in [3.05, 3.63) is 105 Å². The highest BCUT2D eigenvalue weighted by molar-refractivity contribution is 6.30. The number of amides is 1. The van der Waals surface area contributed by atoms with Crippen molar-refractivity contribution in [2.75, 3.05) is 11.4 Å². The zero-order chi connectivity index (χ0) is 25.1. The lowest BCUT2D eigenvalue weighted by Crippen LogP contribution is -2.40. The number of hydrogen-bond donors (Lipinski definition) is 1. The maximum Gasteiger partial charge on any atom is 0.279 e. The molecule has 3 heterocycles. The molecular formula is C26H21ClFN5O3. The standard InChI is InChI=1S/C26H21ClFN5O3/c27-18-8-6-17(7-9-18)16-33-25(35)21(32-14-2-5-24(32)34)15-29-26(33)30-19-10-12-20(13-11-19)36-23-4-1-3-22(28)31-23/h1,3-4,6-13,15H,2,5,14,16H2,(H,29,30). The molecule has 8 nitrogen and oxygen atoms in total. The third kappa shape index (κ3) is 5.21. The van der Waals surface area contributed by atoms with Gasteiger partial charge in [0.15, 0.2) is 0 Å². The summed E-state index contributed by atoms with van der Waals surface area (Å²) in [7, 11) is 0.